The summed E-state index contributed by atoms with van der Waals surface area (Å²) in [6.07, 6.45) is 0. The van der Waals surface area contributed by atoms with Crippen LogP contribution >= 0.6 is 0 Å². The van der Waals surface area contributed by atoms with Crippen LogP contribution < -0.4 is 41.7 Å². The molecule has 0 atom stereocenters. The third-order valence-corrected chi connectivity index (χ3v) is 18.4. The first-order valence-corrected chi connectivity index (χ1v) is 24.4. The van der Waals surface area contributed by atoms with Crippen LogP contribution in [0.25, 0.3) is 22.3 Å². The Bertz CT molecular complexity index is 2830. The minimum atomic E-state index is -2.55. The van der Waals surface area contributed by atoms with Crippen LogP contribution in [-0.2, 0) is 10.8 Å². The molecule has 0 radical (unpaired) electrons. The van der Waals surface area contributed by atoms with Gasteiger partial charge in [-0.25, -0.2) is 0 Å². The van der Waals surface area contributed by atoms with Crippen molar-refractivity contribution in [2.45, 2.75) is 58.9 Å². The van der Waals surface area contributed by atoms with E-state index in [9.17, 15) is 0 Å². The van der Waals surface area contributed by atoms with Gasteiger partial charge in [0, 0.05) is 33.9 Å². The Morgan fingerprint density at radius 3 is 1.15 bits per heavy atom. The van der Waals surface area contributed by atoms with Gasteiger partial charge in [-0.1, -0.05) is 204 Å². The summed E-state index contributed by atoms with van der Waals surface area (Å²) in [5.74, 6) is 0. The number of para-hydroxylation sites is 2. The third-order valence-electron chi connectivity index (χ3n) is 13.9. The molecule has 8 aromatic carbocycles. The zero-order valence-electron chi connectivity index (χ0n) is 36.3. The molecule has 11 rings (SSSR count). The Hall–Kier alpha value is -6.36. The summed E-state index contributed by atoms with van der Waals surface area (Å²) in [6.45, 7) is 16.4. The first-order chi connectivity index (χ1) is 29.4. The molecular weight excluding hydrogens is 752 g/mol. The van der Waals surface area contributed by atoms with Gasteiger partial charge in [0.15, 0.2) is 0 Å². The zero-order valence-corrected chi connectivity index (χ0v) is 37.3. The summed E-state index contributed by atoms with van der Waals surface area (Å²) < 4.78 is 0. The fourth-order valence-corrected chi connectivity index (χ4v) is 15.0. The molecule has 0 saturated carbocycles. The van der Waals surface area contributed by atoms with Gasteiger partial charge in [-0.05, 0) is 91.1 Å². The minimum Gasteiger partial charge on any atom is -0.311 e. The molecule has 0 aromatic heterocycles. The standard InChI is InChI=1S/C57H51BN2Si/c1-56(2,3)40-34-30-38(31-35-40)43-20-11-13-22-45(43)59-47-24-15-25-48-53(47)58-54-49(59)26-16-28-51(54)61(7,42-18-9-8-10-19-42)52-29-17-27-50(55(52)58)60(48)46-23-14-12-21-44(46)39-32-36-41(37-33-39)57(4,5)6/h8-37H,1-7H3. The normalized spacial score (nSPS) is 14.5. The van der Waals surface area contributed by atoms with E-state index in [1.54, 1.807) is 0 Å². The zero-order chi connectivity index (χ0) is 41.8. The second kappa shape index (κ2) is 13.6. The van der Waals surface area contributed by atoms with Crippen LogP contribution in [0.1, 0.15) is 52.7 Å². The molecule has 0 fully saturated rings. The maximum atomic E-state index is 2.61. The molecule has 0 amide bonds. The second-order valence-electron chi connectivity index (χ2n) is 19.5. The predicted octanol–water partition coefficient (Wildman–Crippen LogP) is 11.1. The van der Waals surface area contributed by atoms with Crippen LogP contribution in [0.15, 0.2) is 182 Å². The van der Waals surface area contributed by atoms with Gasteiger partial charge < -0.3 is 9.80 Å². The Kier molecular flexibility index (Phi) is 8.37. The van der Waals surface area contributed by atoms with Crippen LogP contribution in [-0.4, -0.2) is 14.8 Å². The summed E-state index contributed by atoms with van der Waals surface area (Å²) >= 11 is 0. The highest BCUT2D eigenvalue weighted by atomic mass is 28.3. The largest absolute Gasteiger partial charge is 0.311 e. The molecule has 0 saturated heterocycles. The Morgan fingerprint density at radius 1 is 0.361 bits per heavy atom. The number of rotatable bonds is 5. The molecule has 0 unspecified atom stereocenters. The quantitative estimate of drug-likeness (QED) is 0.160. The molecule has 0 spiro atoms. The number of anilines is 6. The van der Waals surface area contributed by atoms with Crippen molar-refractivity contribution in [3.8, 4) is 22.3 Å². The first-order valence-electron chi connectivity index (χ1n) is 21.9. The van der Waals surface area contributed by atoms with E-state index in [0.717, 1.165) is 0 Å². The van der Waals surface area contributed by atoms with E-state index in [2.05, 4.69) is 240 Å². The van der Waals surface area contributed by atoms with E-state index in [-0.39, 0.29) is 17.5 Å². The molecule has 3 aliphatic heterocycles. The van der Waals surface area contributed by atoms with Crippen molar-refractivity contribution < 1.29 is 0 Å². The summed E-state index contributed by atoms with van der Waals surface area (Å²) in [5, 5.41) is 4.46. The minimum absolute atomic E-state index is 0.0803. The lowest BCUT2D eigenvalue weighted by Gasteiger charge is -2.50. The molecule has 8 aromatic rings. The Balaban J connectivity index is 1.21. The van der Waals surface area contributed by atoms with E-state index in [1.165, 1.54) is 99.5 Å². The van der Waals surface area contributed by atoms with Crippen molar-refractivity contribution >= 4 is 80.9 Å². The van der Waals surface area contributed by atoms with E-state index >= 15 is 0 Å². The Morgan fingerprint density at radius 2 is 0.721 bits per heavy atom. The highest BCUT2D eigenvalue weighted by Crippen LogP contribution is 2.48. The Labute approximate surface area is 363 Å². The van der Waals surface area contributed by atoms with Crippen LogP contribution in [0.2, 0.25) is 6.55 Å². The summed E-state index contributed by atoms with van der Waals surface area (Å²) in [7, 11) is -2.55. The van der Waals surface area contributed by atoms with Gasteiger partial charge in [0.25, 0.3) is 6.71 Å². The summed E-state index contributed by atoms with van der Waals surface area (Å²) in [6, 6.07) is 69.5. The van der Waals surface area contributed by atoms with Gasteiger partial charge in [0.1, 0.15) is 8.07 Å². The van der Waals surface area contributed by atoms with E-state index < -0.39 is 8.07 Å². The summed E-state index contributed by atoms with van der Waals surface area (Å²) in [5.41, 5.74) is 19.5. The summed E-state index contributed by atoms with van der Waals surface area (Å²) in [4.78, 5) is 5.21. The van der Waals surface area contributed by atoms with Gasteiger partial charge in [-0.15, -0.1) is 0 Å². The molecule has 61 heavy (non-hydrogen) atoms. The molecule has 0 N–H and O–H groups in total. The lowest BCUT2D eigenvalue weighted by Crippen LogP contribution is -2.83. The average molecular weight is 803 g/mol. The van der Waals surface area contributed by atoms with Gasteiger partial charge >= 0.3 is 0 Å². The van der Waals surface area contributed by atoms with E-state index in [1.807, 2.05) is 0 Å². The van der Waals surface area contributed by atoms with Crippen LogP contribution in [0, 0.1) is 0 Å². The van der Waals surface area contributed by atoms with Gasteiger partial charge in [-0.2, -0.15) is 0 Å². The highest BCUT2D eigenvalue weighted by Gasteiger charge is 2.53. The second-order valence-corrected chi connectivity index (χ2v) is 23.4. The number of hydrogen-bond acceptors (Lipinski definition) is 2. The lowest BCUT2D eigenvalue weighted by atomic mass is 9.33. The fourth-order valence-electron chi connectivity index (χ4n) is 10.8. The molecule has 3 heterocycles. The number of nitrogens with zero attached hydrogens (tertiary/aromatic N) is 2. The topological polar surface area (TPSA) is 6.48 Å². The molecule has 2 nitrogen and oxygen atoms in total. The number of hydrogen-bond donors (Lipinski definition) is 0. The maximum absolute atomic E-state index is 2.61. The molecular formula is C57H51BN2Si. The van der Waals surface area contributed by atoms with Crippen LogP contribution in [0.3, 0.4) is 0 Å². The molecule has 0 bridgehead atoms. The van der Waals surface area contributed by atoms with Crippen LogP contribution in [0.5, 0.6) is 0 Å². The molecule has 0 aliphatic carbocycles. The van der Waals surface area contributed by atoms with Crippen LogP contribution in [0.4, 0.5) is 34.1 Å². The van der Waals surface area contributed by atoms with Crippen molar-refractivity contribution in [3.63, 3.8) is 0 Å². The fraction of sp³-hybridized carbons (Fsp3) is 0.158. The number of benzene rings is 8. The molecule has 3 aliphatic rings. The van der Waals surface area contributed by atoms with Gasteiger partial charge in [0.2, 0.25) is 0 Å². The average Bonchev–Trinajstić information content (AvgIpc) is 3.28. The lowest BCUT2D eigenvalue weighted by molar-refractivity contribution is 0.590. The molecule has 296 valence electrons. The monoisotopic (exact) mass is 802 g/mol. The van der Waals surface area contributed by atoms with Crippen molar-refractivity contribution in [2.75, 3.05) is 9.80 Å². The third kappa shape index (κ3) is 5.61. The van der Waals surface area contributed by atoms with Crippen molar-refractivity contribution in [2.24, 2.45) is 0 Å². The van der Waals surface area contributed by atoms with E-state index in [0.29, 0.717) is 0 Å². The van der Waals surface area contributed by atoms with E-state index in [4.69, 9.17) is 0 Å². The van der Waals surface area contributed by atoms with Gasteiger partial charge in [0.05, 0.1) is 11.4 Å². The smallest absolute Gasteiger partial charge is 0.251 e. The first kappa shape index (κ1) is 37.6. The molecule has 4 heteroatoms. The van der Waals surface area contributed by atoms with Gasteiger partial charge in [-0.3, -0.25) is 0 Å². The SMILES string of the molecule is CC(C)(C)c1ccc(-c2ccccc2N2c3cccc4c3B3c5c2cccc5[Si](C)(c2ccccc2)c2cccc(c23)N4c2ccccc2-c2ccc(C(C)(C)C)cc2)cc1. The maximum Gasteiger partial charge on any atom is 0.251 e. The van der Waals surface area contributed by atoms with Crippen molar-refractivity contribution in [1.82, 2.24) is 0 Å². The van der Waals surface area contributed by atoms with Crippen molar-refractivity contribution in [3.05, 3.63) is 193 Å². The predicted molar refractivity (Wildman–Crippen MR) is 266 cm³/mol. The van der Waals surface area contributed by atoms with Crippen molar-refractivity contribution in [1.29, 1.82) is 0 Å². The highest BCUT2D eigenvalue weighted by molar-refractivity contribution is 7.21.